The second-order valence-electron chi connectivity index (χ2n) is 5.09. The van der Waals surface area contributed by atoms with Crippen molar-refractivity contribution in [2.75, 3.05) is 6.54 Å². The van der Waals surface area contributed by atoms with E-state index in [2.05, 4.69) is 0 Å². The van der Waals surface area contributed by atoms with Crippen LogP contribution >= 0.6 is 35.3 Å². The Labute approximate surface area is 152 Å². The third kappa shape index (κ3) is 3.61. The van der Waals surface area contributed by atoms with Crippen LogP contribution < -0.4 is 0 Å². The number of thiophene rings is 1. The first-order chi connectivity index (χ1) is 11.4. The largest absolute Gasteiger partial charge is 0.481 e. The van der Waals surface area contributed by atoms with E-state index in [0.717, 1.165) is 22.4 Å². The average molecular weight is 379 g/mol. The van der Waals surface area contributed by atoms with Gasteiger partial charge in [0.15, 0.2) is 0 Å². The number of carboxylic acid groups (broad SMARTS) is 1. The molecule has 24 heavy (non-hydrogen) atoms. The van der Waals surface area contributed by atoms with Crippen LogP contribution in [-0.4, -0.2) is 32.7 Å². The molecule has 0 bridgehead atoms. The second-order valence-corrected chi connectivity index (χ2v) is 8.05. The summed E-state index contributed by atoms with van der Waals surface area (Å²) in [5.74, 6) is 0.0709. The third-order valence-electron chi connectivity index (χ3n) is 3.31. The van der Waals surface area contributed by atoms with Crippen molar-refractivity contribution in [1.29, 1.82) is 0 Å². The van der Waals surface area contributed by atoms with Gasteiger partial charge in [0, 0.05) is 17.5 Å². The Kier molecular flexibility index (Phi) is 4.88. The van der Waals surface area contributed by atoms with Crippen molar-refractivity contribution in [3.8, 4) is 10.6 Å². The molecule has 5 nitrogen and oxygen atoms in total. The lowest BCUT2D eigenvalue weighted by atomic mass is 10.3. The van der Waals surface area contributed by atoms with E-state index in [1.807, 2.05) is 25.1 Å². The first-order valence-corrected chi connectivity index (χ1v) is 9.12. The van der Waals surface area contributed by atoms with E-state index in [0.29, 0.717) is 15.0 Å². The summed E-state index contributed by atoms with van der Waals surface area (Å²) in [6, 6.07) is 7.68. The average Bonchev–Trinajstić information content (AvgIpc) is 3.20. The van der Waals surface area contributed by atoms with Crippen LogP contribution in [0.4, 0.5) is 0 Å². The molecule has 1 saturated heterocycles. The van der Waals surface area contributed by atoms with Gasteiger partial charge < -0.3 is 9.52 Å². The fourth-order valence-corrected chi connectivity index (χ4v) is 4.28. The number of furan rings is 1. The Balaban J connectivity index is 1.77. The normalized spacial score (nSPS) is 16.4. The van der Waals surface area contributed by atoms with E-state index < -0.39 is 5.97 Å². The van der Waals surface area contributed by atoms with Crippen LogP contribution in [0.5, 0.6) is 0 Å². The number of thiocarbonyl (C=S) groups is 1. The molecule has 8 heteroatoms. The number of hydrogen-bond donors (Lipinski definition) is 1. The molecular formula is C16H13NO4S3. The van der Waals surface area contributed by atoms with Crippen molar-refractivity contribution in [1.82, 2.24) is 4.90 Å². The molecule has 0 spiro atoms. The van der Waals surface area contributed by atoms with E-state index in [9.17, 15) is 9.59 Å². The maximum Gasteiger partial charge on any atom is 0.305 e. The zero-order valence-electron chi connectivity index (χ0n) is 12.6. The molecule has 3 rings (SSSR count). The number of aliphatic carboxylic acids is 1. The molecule has 0 radical (unpaired) electrons. The van der Waals surface area contributed by atoms with Crippen LogP contribution in [0.25, 0.3) is 16.7 Å². The molecule has 2 aromatic heterocycles. The predicted molar refractivity (Wildman–Crippen MR) is 98.9 cm³/mol. The number of hydrogen-bond acceptors (Lipinski definition) is 6. The summed E-state index contributed by atoms with van der Waals surface area (Å²) in [4.78, 5) is 27.0. The van der Waals surface area contributed by atoms with Crippen molar-refractivity contribution in [3.63, 3.8) is 0 Å². The molecule has 0 unspecified atom stereocenters. The number of carboxylic acids is 1. The number of rotatable bonds is 5. The van der Waals surface area contributed by atoms with Crippen molar-refractivity contribution < 1.29 is 19.1 Å². The Morgan fingerprint density at radius 1 is 1.38 bits per heavy atom. The number of amides is 1. The summed E-state index contributed by atoms with van der Waals surface area (Å²) in [6.45, 7) is 2.11. The summed E-state index contributed by atoms with van der Waals surface area (Å²) in [5.41, 5.74) is 0. The van der Waals surface area contributed by atoms with Crippen LogP contribution in [0.2, 0.25) is 0 Å². The van der Waals surface area contributed by atoms with Gasteiger partial charge in [-0.05, 0) is 31.2 Å². The molecular weight excluding hydrogens is 366 g/mol. The van der Waals surface area contributed by atoms with Crippen LogP contribution in [0.1, 0.15) is 17.1 Å². The molecule has 0 atom stereocenters. The van der Waals surface area contributed by atoms with Gasteiger partial charge in [-0.15, -0.1) is 11.3 Å². The SMILES string of the molecule is Cc1ccc(-c2ccc(C=C3SC(=S)N(CCC(=O)O)C3=O)o2)s1. The molecule has 124 valence electrons. The summed E-state index contributed by atoms with van der Waals surface area (Å²) in [5, 5.41) is 8.74. The Morgan fingerprint density at radius 2 is 2.17 bits per heavy atom. The highest BCUT2D eigenvalue weighted by atomic mass is 32.2. The van der Waals surface area contributed by atoms with Gasteiger partial charge in [-0.2, -0.15) is 0 Å². The lowest BCUT2D eigenvalue weighted by Crippen LogP contribution is -2.30. The smallest absolute Gasteiger partial charge is 0.305 e. The van der Waals surface area contributed by atoms with Crippen LogP contribution in [0, 0.1) is 6.92 Å². The molecule has 3 heterocycles. The molecule has 2 aromatic rings. The lowest BCUT2D eigenvalue weighted by molar-refractivity contribution is -0.137. The van der Waals surface area contributed by atoms with E-state index in [-0.39, 0.29) is 18.9 Å². The summed E-state index contributed by atoms with van der Waals surface area (Å²) in [6.07, 6.45) is 1.51. The van der Waals surface area contributed by atoms with Gasteiger partial charge >= 0.3 is 5.97 Å². The van der Waals surface area contributed by atoms with Gasteiger partial charge in [0.05, 0.1) is 16.2 Å². The molecule has 0 aliphatic carbocycles. The number of thioether (sulfide) groups is 1. The van der Waals surface area contributed by atoms with Crippen LogP contribution in [-0.2, 0) is 9.59 Å². The predicted octanol–water partition coefficient (Wildman–Crippen LogP) is 3.99. The Morgan fingerprint density at radius 3 is 2.83 bits per heavy atom. The van der Waals surface area contributed by atoms with Crippen molar-refractivity contribution in [3.05, 3.63) is 39.8 Å². The van der Waals surface area contributed by atoms with Crippen molar-refractivity contribution in [2.45, 2.75) is 13.3 Å². The van der Waals surface area contributed by atoms with E-state index >= 15 is 0 Å². The molecule has 1 fully saturated rings. The van der Waals surface area contributed by atoms with Gasteiger partial charge in [0.2, 0.25) is 0 Å². The highest BCUT2D eigenvalue weighted by molar-refractivity contribution is 8.26. The number of nitrogens with zero attached hydrogens (tertiary/aromatic N) is 1. The van der Waals surface area contributed by atoms with Gasteiger partial charge in [-0.3, -0.25) is 14.5 Å². The van der Waals surface area contributed by atoms with Gasteiger partial charge in [0.1, 0.15) is 15.8 Å². The number of aryl methyl sites for hydroxylation is 1. The maximum atomic E-state index is 12.3. The monoisotopic (exact) mass is 379 g/mol. The molecule has 1 N–H and O–H groups in total. The summed E-state index contributed by atoms with van der Waals surface area (Å²) in [7, 11) is 0. The minimum absolute atomic E-state index is 0.0786. The van der Waals surface area contributed by atoms with Crippen LogP contribution in [0.15, 0.2) is 33.6 Å². The zero-order valence-corrected chi connectivity index (χ0v) is 15.1. The van der Waals surface area contributed by atoms with Crippen LogP contribution in [0.3, 0.4) is 0 Å². The fourth-order valence-electron chi connectivity index (χ4n) is 2.16. The van der Waals surface area contributed by atoms with E-state index in [1.165, 1.54) is 9.78 Å². The zero-order chi connectivity index (χ0) is 17.3. The topological polar surface area (TPSA) is 70.8 Å². The second kappa shape index (κ2) is 6.92. The first kappa shape index (κ1) is 16.9. The third-order valence-corrected chi connectivity index (χ3v) is 5.70. The van der Waals surface area contributed by atoms with Gasteiger partial charge in [-0.25, -0.2) is 0 Å². The molecule has 0 aromatic carbocycles. The van der Waals surface area contributed by atoms with Crippen molar-refractivity contribution in [2.24, 2.45) is 0 Å². The number of carbonyl (C=O) groups is 2. The minimum Gasteiger partial charge on any atom is -0.481 e. The standard InChI is InChI=1S/C16H13NO4S3/c1-9-2-5-12(23-9)11-4-3-10(21-11)8-13-15(20)17(16(22)24-13)7-6-14(18)19/h2-5,8H,6-7H2,1H3,(H,18,19). The molecule has 1 amide bonds. The van der Waals surface area contributed by atoms with Crippen molar-refractivity contribution >= 4 is 57.6 Å². The van der Waals surface area contributed by atoms with E-state index in [4.69, 9.17) is 21.7 Å². The highest BCUT2D eigenvalue weighted by Crippen LogP contribution is 2.34. The van der Waals surface area contributed by atoms with Gasteiger partial charge in [0.25, 0.3) is 5.91 Å². The molecule has 1 aliphatic heterocycles. The van der Waals surface area contributed by atoms with Gasteiger partial charge in [-0.1, -0.05) is 24.0 Å². The number of carbonyl (C=O) groups excluding carboxylic acids is 1. The quantitative estimate of drug-likeness (QED) is 0.626. The van der Waals surface area contributed by atoms with E-state index in [1.54, 1.807) is 23.5 Å². The minimum atomic E-state index is -0.963. The summed E-state index contributed by atoms with van der Waals surface area (Å²) < 4.78 is 6.14. The molecule has 0 saturated carbocycles. The molecule has 1 aliphatic rings. The maximum absolute atomic E-state index is 12.3. The fraction of sp³-hybridized carbons (Fsp3) is 0.188. The first-order valence-electron chi connectivity index (χ1n) is 7.08. The highest BCUT2D eigenvalue weighted by Gasteiger charge is 2.32. The lowest BCUT2D eigenvalue weighted by Gasteiger charge is -2.12. The summed E-state index contributed by atoms with van der Waals surface area (Å²) >= 11 is 7.95. The Hall–Kier alpha value is -1.90. The Bertz CT molecular complexity index is 849.